The van der Waals surface area contributed by atoms with E-state index in [2.05, 4.69) is 15.6 Å². The minimum absolute atomic E-state index is 0.0102. The summed E-state index contributed by atoms with van der Waals surface area (Å²) < 4.78 is 0. The number of aromatic nitrogens is 1. The van der Waals surface area contributed by atoms with E-state index in [1.165, 1.54) is 0 Å². The molecule has 2 heterocycles. The molecule has 1 aromatic heterocycles. The van der Waals surface area contributed by atoms with E-state index in [9.17, 15) is 9.59 Å². The minimum atomic E-state index is -0.316. The average molecular weight is 348 g/mol. The lowest BCUT2D eigenvalue weighted by molar-refractivity contribution is -0.124. The van der Waals surface area contributed by atoms with Crippen molar-refractivity contribution < 1.29 is 9.59 Å². The second-order valence-corrected chi connectivity index (χ2v) is 8.47. The Balaban J connectivity index is 1.42. The van der Waals surface area contributed by atoms with Gasteiger partial charge in [0.05, 0.1) is 6.04 Å². The van der Waals surface area contributed by atoms with Crippen molar-refractivity contribution in [1.82, 2.24) is 20.5 Å². The average Bonchev–Trinajstić information content (AvgIpc) is 3.46. The quantitative estimate of drug-likeness (QED) is 0.858. The molecule has 0 bridgehead atoms. The minimum Gasteiger partial charge on any atom is -0.352 e. The van der Waals surface area contributed by atoms with E-state index >= 15 is 0 Å². The molecule has 0 aromatic carbocycles. The zero-order valence-electron chi connectivity index (χ0n) is 14.0. The van der Waals surface area contributed by atoms with Gasteiger partial charge in [-0.25, -0.2) is 9.78 Å². The second kappa shape index (κ2) is 6.35. The zero-order chi connectivity index (χ0) is 16.7. The van der Waals surface area contributed by atoms with Crippen LogP contribution in [-0.2, 0) is 4.79 Å². The van der Waals surface area contributed by atoms with Crippen LogP contribution in [0, 0.1) is 12.8 Å². The topological polar surface area (TPSA) is 74.3 Å². The van der Waals surface area contributed by atoms with Crippen molar-refractivity contribution in [2.24, 2.45) is 5.92 Å². The predicted molar refractivity (Wildman–Crippen MR) is 91.7 cm³/mol. The van der Waals surface area contributed by atoms with Crippen molar-refractivity contribution in [3.63, 3.8) is 0 Å². The molecule has 7 heteroatoms. The SMILES string of the molecule is Cc1cnc(C(NC(=O)N2CCCC2C(=O)NC2CC2)C2CC2)s1. The standard InChI is InChI=1S/C17H24N4O2S/c1-10-9-18-16(24-10)14(11-4-5-11)20-17(23)21-8-2-3-13(21)15(22)19-12-6-7-12/h9,11-14H,2-8H2,1H3,(H,19,22)(H,20,23). The van der Waals surface area contributed by atoms with Crippen LogP contribution in [0.5, 0.6) is 0 Å². The Morgan fingerprint density at radius 2 is 2.08 bits per heavy atom. The van der Waals surface area contributed by atoms with Crippen LogP contribution < -0.4 is 10.6 Å². The van der Waals surface area contributed by atoms with Gasteiger partial charge in [0.2, 0.25) is 5.91 Å². The number of carbonyl (C=O) groups excluding carboxylic acids is 2. The maximum atomic E-state index is 12.8. The van der Waals surface area contributed by atoms with Gasteiger partial charge in [-0.05, 0) is 51.4 Å². The predicted octanol–water partition coefficient (Wildman–Crippen LogP) is 2.36. The van der Waals surface area contributed by atoms with E-state index in [0.29, 0.717) is 18.5 Å². The summed E-state index contributed by atoms with van der Waals surface area (Å²) >= 11 is 1.65. The largest absolute Gasteiger partial charge is 0.352 e. The van der Waals surface area contributed by atoms with E-state index in [1.807, 2.05) is 13.1 Å². The number of nitrogens with zero attached hydrogens (tertiary/aromatic N) is 2. The number of likely N-dealkylation sites (tertiary alicyclic amines) is 1. The van der Waals surface area contributed by atoms with Crippen molar-refractivity contribution in [3.8, 4) is 0 Å². The van der Waals surface area contributed by atoms with Gasteiger partial charge in [-0.2, -0.15) is 0 Å². The first-order chi connectivity index (χ1) is 11.6. The third kappa shape index (κ3) is 3.41. The highest BCUT2D eigenvalue weighted by atomic mass is 32.1. The van der Waals surface area contributed by atoms with E-state index < -0.39 is 0 Å². The second-order valence-electron chi connectivity index (χ2n) is 7.21. The number of hydrogen-bond donors (Lipinski definition) is 2. The molecular formula is C17H24N4O2S. The van der Waals surface area contributed by atoms with Crippen LogP contribution in [-0.4, -0.2) is 40.5 Å². The fourth-order valence-corrected chi connectivity index (χ4v) is 4.27. The zero-order valence-corrected chi connectivity index (χ0v) is 14.8. The molecule has 3 fully saturated rings. The van der Waals surface area contributed by atoms with Crippen LogP contribution >= 0.6 is 11.3 Å². The highest BCUT2D eigenvalue weighted by molar-refractivity contribution is 7.11. The summed E-state index contributed by atoms with van der Waals surface area (Å²) in [6.07, 6.45) is 7.92. The number of hydrogen-bond acceptors (Lipinski definition) is 4. The molecule has 1 aromatic rings. The molecule has 1 saturated heterocycles. The van der Waals surface area contributed by atoms with E-state index in [0.717, 1.165) is 48.4 Å². The van der Waals surface area contributed by atoms with Crippen LogP contribution in [0.15, 0.2) is 6.20 Å². The third-order valence-corrected chi connectivity index (χ3v) is 6.01. The number of aryl methyl sites for hydroxylation is 1. The highest BCUT2D eigenvalue weighted by Crippen LogP contribution is 2.42. The maximum Gasteiger partial charge on any atom is 0.318 e. The molecule has 0 spiro atoms. The summed E-state index contributed by atoms with van der Waals surface area (Å²) in [7, 11) is 0. The first kappa shape index (κ1) is 15.9. The Bertz CT molecular complexity index is 638. The molecule has 2 atom stereocenters. The van der Waals surface area contributed by atoms with E-state index in [-0.39, 0.29) is 24.0 Å². The molecule has 3 amide bonds. The fourth-order valence-electron chi connectivity index (χ4n) is 3.35. The molecule has 3 aliphatic rings. The lowest BCUT2D eigenvalue weighted by Crippen LogP contribution is -2.50. The molecule has 130 valence electrons. The van der Waals surface area contributed by atoms with Crippen molar-refractivity contribution in [2.45, 2.75) is 63.6 Å². The van der Waals surface area contributed by atoms with Gasteiger partial charge in [0.1, 0.15) is 11.0 Å². The molecular weight excluding hydrogens is 324 g/mol. The Hall–Kier alpha value is -1.63. The molecule has 1 aliphatic heterocycles. The van der Waals surface area contributed by atoms with Crippen molar-refractivity contribution in [3.05, 3.63) is 16.1 Å². The van der Waals surface area contributed by atoms with Crippen LogP contribution in [0.3, 0.4) is 0 Å². The smallest absolute Gasteiger partial charge is 0.318 e. The summed E-state index contributed by atoms with van der Waals surface area (Å²) in [5.74, 6) is 0.499. The first-order valence-electron chi connectivity index (χ1n) is 8.91. The van der Waals surface area contributed by atoms with Gasteiger partial charge in [0.25, 0.3) is 0 Å². The van der Waals surface area contributed by atoms with E-state index in [1.54, 1.807) is 16.2 Å². The summed E-state index contributed by atoms with van der Waals surface area (Å²) in [5, 5.41) is 7.18. The summed E-state index contributed by atoms with van der Waals surface area (Å²) in [4.78, 5) is 32.5. The van der Waals surface area contributed by atoms with Crippen LogP contribution in [0.2, 0.25) is 0 Å². The van der Waals surface area contributed by atoms with Gasteiger partial charge in [0, 0.05) is 23.7 Å². The van der Waals surface area contributed by atoms with Gasteiger partial charge in [-0.3, -0.25) is 4.79 Å². The normalized spacial score (nSPS) is 24.7. The van der Waals surface area contributed by atoms with Crippen molar-refractivity contribution >= 4 is 23.3 Å². The third-order valence-electron chi connectivity index (χ3n) is 5.02. The van der Waals surface area contributed by atoms with Gasteiger partial charge >= 0.3 is 6.03 Å². The summed E-state index contributed by atoms with van der Waals surface area (Å²) in [6, 6.07) is -0.110. The Morgan fingerprint density at radius 3 is 2.71 bits per heavy atom. The lowest BCUT2D eigenvalue weighted by Gasteiger charge is -2.26. The van der Waals surface area contributed by atoms with Gasteiger partial charge in [-0.1, -0.05) is 0 Å². The number of rotatable bonds is 5. The Morgan fingerprint density at radius 1 is 1.29 bits per heavy atom. The van der Waals surface area contributed by atoms with Gasteiger partial charge in [-0.15, -0.1) is 11.3 Å². The Labute approximate surface area is 146 Å². The first-order valence-corrected chi connectivity index (χ1v) is 9.73. The number of nitrogens with one attached hydrogen (secondary N) is 2. The number of carbonyl (C=O) groups is 2. The van der Waals surface area contributed by atoms with Crippen molar-refractivity contribution in [1.29, 1.82) is 0 Å². The maximum absolute atomic E-state index is 12.8. The molecule has 2 aliphatic carbocycles. The summed E-state index contributed by atoms with van der Waals surface area (Å²) in [6.45, 7) is 2.69. The fraction of sp³-hybridized carbons (Fsp3) is 0.706. The monoisotopic (exact) mass is 348 g/mol. The van der Waals surface area contributed by atoms with E-state index in [4.69, 9.17) is 0 Å². The molecule has 2 saturated carbocycles. The number of thiazole rings is 1. The lowest BCUT2D eigenvalue weighted by atomic mass is 10.2. The van der Waals surface area contributed by atoms with Gasteiger partial charge < -0.3 is 15.5 Å². The number of amides is 3. The van der Waals surface area contributed by atoms with Gasteiger partial charge in [0.15, 0.2) is 0 Å². The highest BCUT2D eigenvalue weighted by Gasteiger charge is 2.40. The Kier molecular flexibility index (Phi) is 4.20. The van der Waals surface area contributed by atoms with Crippen LogP contribution in [0.1, 0.15) is 54.5 Å². The molecule has 24 heavy (non-hydrogen) atoms. The van der Waals surface area contributed by atoms with Crippen LogP contribution in [0.4, 0.5) is 4.79 Å². The molecule has 0 radical (unpaired) electrons. The summed E-state index contributed by atoms with van der Waals surface area (Å²) in [5.41, 5.74) is 0. The van der Waals surface area contributed by atoms with Crippen LogP contribution in [0.25, 0.3) is 0 Å². The molecule has 2 unspecified atom stereocenters. The number of urea groups is 1. The molecule has 6 nitrogen and oxygen atoms in total. The molecule has 2 N–H and O–H groups in total. The molecule has 4 rings (SSSR count). The van der Waals surface area contributed by atoms with Crippen molar-refractivity contribution in [2.75, 3.05) is 6.54 Å².